The standard InChI is InChI=1S/C10H11N3O3/c14-8-4-2-1-3-6(8)11-10(16)7-5-9(15)13-12-7/h1-4,7,12,14H,5H2,(H,11,16)(H,13,15). The van der Waals surface area contributed by atoms with Gasteiger partial charge in [-0.2, -0.15) is 0 Å². The molecule has 0 bridgehead atoms. The van der Waals surface area contributed by atoms with E-state index >= 15 is 0 Å². The van der Waals surface area contributed by atoms with Crippen molar-refractivity contribution < 1.29 is 14.7 Å². The lowest BCUT2D eigenvalue weighted by atomic mass is 10.2. The third-order valence-corrected chi connectivity index (χ3v) is 2.25. The van der Waals surface area contributed by atoms with Crippen LogP contribution in [-0.2, 0) is 9.59 Å². The average molecular weight is 221 g/mol. The fourth-order valence-corrected chi connectivity index (χ4v) is 1.41. The van der Waals surface area contributed by atoms with Crippen LogP contribution in [0.2, 0.25) is 0 Å². The van der Waals surface area contributed by atoms with Crippen LogP contribution in [-0.4, -0.2) is 23.0 Å². The number of phenolic OH excluding ortho intramolecular Hbond substituents is 1. The quantitative estimate of drug-likeness (QED) is 0.517. The summed E-state index contributed by atoms with van der Waals surface area (Å²) in [4.78, 5) is 22.5. The maximum Gasteiger partial charge on any atom is 0.243 e. The first-order valence-electron chi connectivity index (χ1n) is 4.80. The van der Waals surface area contributed by atoms with Crippen LogP contribution in [0.15, 0.2) is 24.3 Å². The summed E-state index contributed by atoms with van der Waals surface area (Å²) in [5, 5.41) is 12.0. The van der Waals surface area contributed by atoms with E-state index in [4.69, 9.17) is 0 Å². The molecule has 1 aromatic rings. The van der Waals surface area contributed by atoms with E-state index < -0.39 is 6.04 Å². The minimum Gasteiger partial charge on any atom is -0.506 e. The Morgan fingerprint density at radius 3 is 2.81 bits per heavy atom. The molecule has 1 fully saturated rings. The Kier molecular flexibility index (Phi) is 2.74. The van der Waals surface area contributed by atoms with Crippen molar-refractivity contribution in [3.63, 3.8) is 0 Å². The second kappa shape index (κ2) is 4.19. The second-order valence-electron chi connectivity index (χ2n) is 3.46. The maximum atomic E-state index is 11.6. The highest BCUT2D eigenvalue weighted by molar-refractivity contribution is 5.99. The summed E-state index contributed by atoms with van der Waals surface area (Å²) in [5.41, 5.74) is 5.22. The highest BCUT2D eigenvalue weighted by atomic mass is 16.3. The Morgan fingerprint density at radius 2 is 2.19 bits per heavy atom. The summed E-state index contributed by atoms with van der Waals surface area (Å²) in [5.74, 6) is -0.592. The van der Waals surface area contributed by atoms with Gasteiger partial charge in [0.1, 0.15) is 11.8 Å². The molecule has 6 heteroatoms. The zero-order valence-corrected chi connectivity index (χ0v) is 8.36. The summed E-state index contributed by atoms with van der Waals surface area (Å²) >= 11 is 0. The summed E-state index contributed by atoms with van der Waals surface area (Å²) in [7, 11) is 0. The van der Waals surface area contributed by atoms with Crippen molar-refractivity contribution >= 4 is 17.5 Å². The van der Waals surface area contributed by atoms with Crippen LogP contribution in [0, 0.1) is 0 Å². The van der Waals surface area contributed by atoms with Gasteiger partial charge in [0.2, 0.25) is 11.8 Å². The molecular formula is C10H11N3O3. The molecular weight excluding hydrogens is 210 g/mol. The number of anilines is 1. The van der Waals surface area contributed by atoms with Gasteiger partial charge in [0.15, 0.2) is 0 Å². The minimum atomic E-state index is -0.605. The van der Waals surface area contributed by atoms with Crippen molar-refractivity contribution in [2.75, 3.05) is 5.32 Å². The van der Waals surface area contributed by atoms with Gasteiger partial charge in [0, 0.05) is 0 Å². The number of hydrazine groups is 1. The number of aromatic hydroxyl groups is 1. The minimum absolute atomic E-state index is 0.00636. The van der Waals surface area contributed by atoms with Gasteiger partial charge in [-0.05, 0) is 12.1 Å². The van der Waals surface area contributed by atoms with Gasteiger partial charge in [0.25, 0.3) is 0 Å². The summed E-state index contributed by atoms with van der Waals surface area (Å²) in [6.45, 7) is 0. The molecule has 0 spiro atoms. The van der Waals surface area contributed by atoms with Crippen LogP contribution in [0.25, 0.3) is 0 Å². The predicted octanol–water partition coefficient (Wildman–Crippen LogP) is -0.276. The molecule has 16 heavy (non-hydrogen) atoms. The van der Waals surface area contributed by atoms with Crippen LogP contribution in [0.3, 0.4) is 0 Å². The van der Waals surface area contributed by atoms with Crippen molar-refractivity contribution in [3.8, 4) is 5.75 Å². The summed E-state index contributed by atoms with van der Waals surface area (Å²) in [6, 6.07) is 5.80. The molecule has 1 saturated heterocycles. The molecule has 2 rings (SSSR count). The van der Waals surface area contributed by atoms with Gasteiger partial charge in [-0.3, -0.25) is 15.0 Å². The first-order chi connectivity index (χ1) is 7.66. The Morgan fingerprint density at radius 1 is 1.44 bits per heavy atom. The number of para-hydroxylation sites is 2. The molecule has 1 unspecified atom stereocenters. The Labute approximate surface area is 91.6 Å². The van der Waals surface area contributed by atoms with Gasteiger partial charge in [0.05, 0.1) is 12.1 Å². The molecule has 0 aliphatic carbocycles. The van der Waals surface area contributed by atoms with Crippen LogP contribution in [0.1, 0.15) is 6.42 Å². The van der Waals surface area contributed by atoms with Crippen molar-refractivity contribution in [2.24, 2.45) is 0 Å². The third-order valence-electron chi connectivity index (χ3n) is 2.25. The lowest BCUT2D eigenvalue weighted by molar-refractivity contribution is -0.121. The average Bonchev–Trinajstić information content (AvgIpc) is 2.68. The van der Waals surface area contributed by atoms with E-state index in [1.807, 2.05) is 0 Å². The fraction of sp³-hybridized carbons (Fsp3) is 0.200. The zero-order valence-electron chi connectivity index (χ0n) is 8.36. The molecule has 1 atom stereocenters. The van der Waals surface area contributed by atoms with Crippen LogP contribution < -0.4 is 16.2 Å². The number of rotatable bonds is 2. The molecule has 6 nitrogen and oxygen atoms in total. The Balaban J connectivity index is 2.03. The molecule has 4 N–H and O–H groups in total. The van der Waals surface area contributed by atoms with E-state index in [0.717, 1.165) is 0 Å². The normalized spacial score (nSPS) is 19.2. The zero-order chi connectivity index (χ0) is 11.5. The van der Waals surface area contributed by atoms with E-state index in [0.29, 0.717) is 5.69 Å². The van der Waals surface area contributed by atoms with E-state index in [1.165, 1.54) is 6.07 Å². The first kappa shape index (κ1) is 10.4. The van der Waals surface area contributed by atoms with E-state index in [-0.39, 0.29) is 24.0 Å². The molecule has 1 aromatic carbocycles. The SMILES string of the molecule is O=C1CC(C(=O)Nc2ccccc2O)NN1. The molecule has 1 heterocycles. The summed E-state index contributed by atoms with van der Waals surface area (Å²) in [6.07, 6.45) is 0.0967. The van der Waals surface area contributed by atoms with Crippen molar-refractivity contribution in [2.45, 2.75) is 12.5 Å². The number of carbonyl (C=O) groups excluding carboxylic acids is 2. The van der Waals surface area contributed by atoms with E-state index in [1.54, 1.807) is 18.2 Å². The van der Waals surface area contributed by atoms with Gasteiger partial charge in [-0.25, -0.2) is 5.43 Å². The highest BCUT2D eigenvalue weighted by Crippen LogP contribution is 2.21. The van der Waals surface area contributed by atoms with Crippen LogP contribution in [0.5, 0.6) is 5.75 Å². The first-order valence-corrected chi connectivity index (χ1v) is 4.80. The number of hydrogen-bond donors (Lipinski definition) is 4. The number of hydrogen-bond acceptors (Lipinski definition) is 4. The van der Waals surface area contributed by atoms with Gasteiger partial charge < -0.3 is 10.4 Å². The smallest absolute Gasteiger partial charge is 0.243 e. The predicted molar refractivity (Wildman–Crippen MR) is 56.4 cm³/mol. The molecule has 1 aliphatic heterocycles. The number of nitrogens with one attached hydrogen (secondary N) is 3. The molecule has 84 valence electrons. The number of benzene rings is 1. The third kappa shape index (κ3) is 2.12. The molecule has 2 amide bonds. The fourth-order valence-electron chi connectivity index (χ4n) is 1.41. The Bertz CT molecular complexity index is 433. The van der Waals surface area contributed by atoms with E-state index in [9.17, 15) is 14.7 Å². The largest absolute Gasteiger partial charge is 0.506 e. The van der Waals surface area contributed by atoms with Crippen molar-refractivity contribution in [1.82, 2.24) is 10.9 Å². The maximum absolute atomic E-state index is 11.6. The highest BCUT2D eigenvalue weighted by Gasteiger charge is 2.27. The van der Waals surface area contributed by atoms with Gasteiger partial charge >= 0.3 is 0 Å². The molecule has 0 saturated carbocycles. The van der Waals surface area contributed by atoms with Gasteiger partial charge in [-0.15, -0.1) is 0 Å². The Hall–Kier alpha value is -2.08. The van der Waals surface area contributed by atoms with Crippen LogP contribution >= 0.6 is 0 Å². The van der Waals surface area contributed by atoms with Crippen molar-refractivity contribution in [3.05, 3.63) is 24.3 Å². The lowest BCUT2D eigenvalue weighted by Crippen LogP contribution is -2.39. The number of carbonyl (C=O) groups is 2. The number of amides is 2. The molecule has 0 radical (unpaired) electrons. The second-order valence-corrected chi connectivity index (χ2v) is 3.46. The number of phenols is 1. The van der Waals surface area contributed by atoms with Crippen LogP contribution in [0.4, 0.5) is 5.69 Å². The topological polar surface area (TPSA) is 90.5 Å². The molecule has 0 aromatic heterocycles. The van der Waals surface area contributed by atoms with Crippen molar-refractivity contribution in [1.29, 1.82) is 0 Å². The van der Waals surface area contributed by atoms with E-state index in [2.05, 4.69) is 16.2 Å². The summed E-state index contributed by atoms with van der Waals surface area (Å²) < 4.78 is 0. The van der Waals surface area contributed by atoms with Gasteiger partial charge in [-0.1, -0.05) is 12.1 Å². The molecule has 1 aliphatic rings. The lowest BCUT2D eigenvalue weighted by Gasteiger charge is -2.10. The monoisotopic (exact) mass is 221 g/mol.